The molecule has 5 aromatic rings. The van der Waals surface area contributed by atoms with Crippen molar-refractivity contribution >= 4 is 32.6 Å². The Kier molecular flexibility index (Phi) is 2.83. The van der Waals surface area contributed by atoms with E-state index in [0.29, 0.717) is 22.2 Å². The first kappa shape index (κ1) is 14.0. The van der Waals surface area contributed by atoms with Crippen LogP contribution in [0.15, 0.2) is 62.7 Å². The van der Waals surface area contributed by atoms with E-state index in [2.05, 4.69) is 15.1 Å². The van der Waals surface area contributed by atoms with Crippen molar-refractivity contribution in [2.24, 2.45) is 0 Å². The largest absolute Gasteiger partial charge is 0.463 e. The van der Waals surface area contributed by atoms with Gasteiger partial charge >= 0.3 is 0 Å². The van der Waals surface area contributed by atoms with Gasteiger partial charge in [-0.2, -0.15) is 4.68 Å². The van der Waals surface area contributed by atoms with E-state index in [1.807, 2.05) is 24.3 Å². The summed E-state index contributed by atoms with van der Waals surface area (Å²) in [5.41, 5.74) is 0.835. The SMILES string of the molecule is O=c1cc(-c2ccco2)[nH]c2[nH]n(-c3nc4ccccc4s3)c(=O)c12. The summed E-state index contributed by atoms with van der Waals surface area (Å²) in [5.74, 6) is 0.521. The number of rotatable bonds is 2. The van der Waals surface area contributed by atoms with Gasteiger partial charge < -0.3 is 9.40 Å². The number of hydrogen-bond acceptors (Lipinski definition) is 5. The lowest BCUT2D eigenvalue weighted by molar-refractivity contribution is 0.580. The van der Waals surface area contributed by atoms with Gasteiger partial charge in [0.1, 0.15) is 16.8 Å². The molecule has 8 heteroatoms. The highest BCUT2D eigenvalue weighted by atomic mass is 32.1. The van der Waals surface area contributed by atoms with Gasteiger partial charge in [0.2, 0.25) is 5.13 Å². The van der Waals surface area contributed by atoms with E-state index in [-0.39, 0.29) is 10.8 Å². The molecule has 4 aromatic heterocycles. The van der Waals surface area contributed by atoms with Crippen molar-refractivity contribution in [2.45, 2.75) is 0 Å². The first-order valence-electron chi connectivity index (χ1n) is 7.48. The minimum Gasteiger partial charge on any atom is -0.463 e. The fourth-order valence-electron chi connectivity index (χ4n) is 2.79. The van der Waals surface area contributed by atoms with E-state index in [0.717, 1.165) is 10.2 Å². The molecular weight excluding hydrogens is 340 g/mol. The van der Waals surface area contributed by atoms with Crippen molar-refractivity contribution in [3.63, 3.8) is 0 Å². The Hall–Kier alpha value is -3.39. The van der Waals surface area contributed by atoms with E-state index in [1.165, 1.54) is 28.3 Å². The second kappa shape index (κ2) is 5.05. The Balaban J connectivity index is 1.77. The zero-order valence-electron chi connectivity index (χ0n) is 12.6. The summed E-state index contributed by atoms with van der Waals surface area (Å²) in [4.78, 5) is 32.6. The summed E-state index contributed by atoms with van der Waals surface area (Å²) in [7, 11) is 0. The number of aromatic amines is 2. The number of fused-ring (bicyclic) bond motifs is 2. The number of H-pyrrole nitrogens is 2. The van der Waals surface area contributed by atoms with Crippen LogP contribution in [0.1, 0.15) is 0 Å². The molecule has 0 aliphatic rings. The van der Waals surface area contributed by atoms with Gasteiger partial charge in [-0.05, 0) is 24.3 Å². The maximum atomic E-state index is 12.7. The summed E-state index contributed by atoms with van der Waals surface area (Å²) in [6, 6.07) is 12.4. The minimum absolute atomic E-state index is 0.0644. The summed E-state index contributed by atoms with van der Waals surface area (Å²) in [5, 5.41) is 3.48. The monoisotopic (exact) mass is 350 g/mol. The van der Waals surface area contributed by atoms with Gasteiger partial charge in [-0.1, -0.05) is 23.5 Å². The second-order valence-corrected chi connectivity index (χ2v) is 6.50. The van der Waals surface area contributed by atoms with Crippen LogP contribution < -0.4 is 11.0 Å². The molecule has 0 spiro atoms. The maximum absolute atomic E-state index is 12.7. The normalized spacial score (nSPS) is 11.5. The zero-order valence-corrected chi connectivity index (χ0v) is 13.5. The summed E-state index contributed by atoms with van der Waals surface area (Å²) < 4.78 is 7.56. The molecule has 0 amide bonds. The molecule has 2 N–H and O–H groups in total. The lowest BCUT2D eigenvalue weighted by Gasteiger charge is -1.97. The predicted molar refractivity (Wildman–Crippen MR) is 95.4 cm³/mol. The third-order valence-electron chi connectivity index (χ3n) is 3.93. The van der Waals surface area contributed by atoms with Crippen LogP contribution in [-0.4, -0.2) is 19.7 Å². The van der Waals surface area contributed by atoms with Crippen molar-refractivity contribution < 1.29 is 4.42 Å². The van der Waals surface area contributed by atoms with Gasteiger partial charge in [0.25, 0.3) is 5.56 Å². The summed E-state index contributed by atoms with van der Waals surface area (Å²) >= 11 is 1.37. The summed E-state index contributed by atoms with van der Waals surface area (Å²) in [6.07, 6.45) is 1.52. The van der Waals surface area contributed by atoms with Crippen molar-refractivity contribution in [1.29, 1.82) is 0 Å². The molecule has 0 unspecified atom stereocenters. The van der Waals surface area contributed by atoms with E-state index < -0.39 is 5.56 Å². The van der Waals surface area contributed by atoms with E-state index in [1.54, 1.807) is 12.1 Å². The Morgan fingerprint density at radius 2 is 2.00 bits per heavy atom. The first-order valence-corrected chi connectivity index (χ1v) is 8.30. The van der Waals surface area contributed by atoms with Crippen LogP contribution >= 0.6 is 11.3 Å². The molecule has 0 saturated carbocycles. The van der Waals surface area contributed by atoms with Crippen molar-refractivity contribution in [1.82, 2.24) is 19.7 Å². The molecule has 7 nitrogen and oxygen atoms in total. The molecule has 0 fully saturated rings. The van der Waals surface area contributed by atoms with Crippen molar-refractivity contribution in [3.05, 3.63) is 69.3 Å². The third-order valence-corrected chi connectivity index (χ3v) is 4.95. The van der Waals surface area contributed by atoms with Crippen LogP contribution in [0.5, 0.6) is 0 Å². The van der Waals surface area contributed by atoms with Gasteiger partial charge in [-0.3, -0.25) is 14.7 Å². The van der Waals surface area contributed by atoms with Gasteiger partial charge in [0, 0.05) is 6.07 Å². The molecule has 1 aromatic carbocycles. The standard InChI is InChI=1S/C17H10N4O3S/c22-11-8-10(12-5-3-7-24-12)18-15-14(11)16(23)21(20-15)17-19-9-4-1-2-6-13(9)25-17/h1-8H,(H2,18,20,22). The maximum Gasteiger partial charge on any atom is 0.286 e. The van der Waals surface area contributed by atoms with Gasteiger partial charge in [0.15, 0.2) is 5.43 Å². The number of thiazole rings is 1. The van der Waals surface area contributed by atoms with Crippen LogP contribution in [0.2, 0.25) is 0 Å². The lowest BCUT2D eigenvalue weighted by Crippen LogP contribution is -2.17. The highest BCUT2D eigenvalue weighted by molar-refractivity contribution is 7.20. The summed E-state index contributed by atoms with van der Waals surface area (Å²) in [6.45, 7) is 0. The number of hydrogen-bond donors (Lipinski definition) is 2. The highest BCUT2D eigenvalue weighted by Gasteiger charge is 2.16. The van der Waals surface area contributed by atoms with Crippen LogP contribution in [0.3, 0.4) is 0 Å². The number of pyridine rings is 1. The van der Waals surface area contributed by atoms with Crippen LogP contribution in [0, 0.1) is 0 Å². The molecule has 25 heavy (non-hydrogen) atoms. The predicted octanol–water partition coefficient (Wildman–Crippen LogP) is 2.88. The number of aromatic nitrogens is 4. The Labute approximate surface area is 143 Å². The number of nitrogens with one attached hydrogen (secondary N) is 2. The Morgan fingerprint density at radius 3 is 2.80 bits per heavy atom. The fourth-order valence-corrected chi connectivity index (χ4v) is 3.71. The van der Waals surface area contributed by atoms with Gasteiger partial charge in [-0.25, -0.2) is 4.98 Å². The molecule has 122 valence electrons. The third kappa shape index (κ3) is 2.08. The molecule has 0 atom stereocenters. The minimum atomic E-state index is -0.429. The second-order valence-electron chi connectivity index (χ2n) is 5.49. The molecular formula is C17H10N4O3S. The Morgan fingerprint density at radius 1 is 1.12 bits per heavy atom. The van der Waals surface area contributed by atoms with E-state index in [4.69, 9.17) is 4.42 Å². The topological polar surface area (TPSA) is 96.7 Å². The zero-order chi connectivity index (χ0) is 17.0. The molecule has 5 rings (SSSR count). The molecule has 0 aliphatic heterocycles. The van der Waals surface area contributed by atoms with Gasteiger partial charge in [0.05, 0.1) is 22.2 Å². The number of benzene rings is 1. The molecule has 0 aliphatic carbocycles. The molecule has 0 saturated heterocycles. The number of para-hydroxylation sites is 1. The van der Waals surface area contributed by atoms with Gasteiger partial charge in [-0.15, -0.1) is 0 Å². The van der Waals surface area contributed by atoms with Crippen molar-refractivity contribution in [3.8, 4) is 16.6 Å². The lowest BCUT2D eigenvalue weighted by atomic mass is 10.2. The van der Waals surface area contributed by atoms with Crippen LogP contribution in [-0.2, 0) is 0 Å². The van der Waals surface area contributed by atoms with Crippen LogP contribution in [0.4, 0.5) is 0 Å². The highest BCUT2D eigenvalue weighted by Crippen LogP contribution is 2.24. The number of nitrogens with zero attached hydrogens (tertiary/aromatic N) is 2. The number of furan rings is 1. The fraction of sp³-hybridized carbons (Fsp3) is 0. The Bertz CT molecular complexity index is 1310. The average molecular weight is 350 g/mol. The van der Waals surface area contributed by atoms with E-state index in [9.17, 15) is 9.59 Å². The van der Waals surface area contributed by atoms with Crippen LogP contribution in [0.25, 0.3) is 37.8 Å². The molecule has 0 bridgehead atoms. The average Bonchev–Trinajstić information content (AvgIpc) is 3.32. The smallest absolute Gasteiger partial charge is 0.286 e. The quantitative estimate of drug-likeness (QED) is 0.511. The van der Waals surface area contributed by atoms with E-state index >= 15 is 0 Å². The molecule has 0 radical (unpaired) electrons. The van der Waals surface area contributed by atoms with Crippen molar-refractivity contribution in [2.75, 3.05) is 0 Å². The first-order chi connectivity index (χ1) is 12.2. The molecule has 4 heterocycles.